The number of nitrogens with zero attached hydrogens (tertiary/aromatic N) is 2. The maximum atomic E-state index is 9.33. The van der Waals surface area contributed by atoms with Crippen molar-refractivity contribution in [3.63, 3.8) is 0 Å². The van der Waals surface area contributed by atoms with Crippen LogP contribution in [-0.4, -0.2) is 11.0 Å². The Morgan fingerprint density at radius 1 is 1.40 bits per heavy atom. The van der Waals surface area contributed by atoms with Crippen LogP contribution in [0.5, 0.6) is 0 Å². The van der Waals surface area contributed by atoms with Crippen LogP contribution in [0.3, 0.4) is 0 Å². The van der Waals surface area contributed by atoms with E-state index in [1.54, 1.807) is 0 Å². The molecule has 0 aliphatic carbocycles. The van der Waals surface area contributed by atoms with Gasteiger partial charge in [-0.15, -0.1) is 0 Å². The summed E-state index contributed by atoms with van der Waals surface area (Å²) >= 11 is 6.67. The molecule has 0 saturated heterocycles. The number of aryl methyl sites for hydroxylation is 1. The Kier molecular flexibility index (Phi) is 4.48. The van der Waals surface area contributed by atoms with Crippen molar-refractivity contribution in [1.82, 2.24) is 4.98 Å². The molecule has 0 atom stereocenters. The molecule has 0 aliphatic rings. The number of benzene rings is 1. The maximum Gasteiger partial charge on any atom is 0.184 e. The lowest BCUT2D eigenvalue weighted by atomic mass is 10.1. The van der Waals surface area contributed by atoms with E-state index in [4.69, 9.17) is 12.2 Å². The molecule has 0 fully saturated rings. The molecule has 20 heavy (non-hydrogen) atoms. The lowest BCUT2D eigenvalue weighted by molar-refractivity contribution is 0.895. The van der Waals surface area contributed by atoms with Crippen LogP contribution >= 0.6 is 23.6 Å². The van der Waals surface area contributed by atoms with Crippen LogP contribution in [0.25, 0.3) is 11.3 Å². The highest BCUT2D eigenvalue weighted by atomic mass is 32.1. The van der Waals surface area contributed by atoms with Crippen molar-refractivity contribution in [3.05, 3.63) is 39.2 Å². The predicted molar refractivity (Wildman–Crippen MR) is 86.6 cm³/mol. The van der Waals surface area contributed by atoms with Crippen LogP contribution in [0.2, 0.25) is 0 Å². The molecule has 0 radical (unpaired) electrons. The normalized spacial score (nSPS) is 10.3. The topological polar surface area (TPSA) is 48.7 Å². The van der Waals surface area contributed by atoms with Gasteiger partial charge in [0.25, 0.3) is 0 Å². The lowest BCUT2D eigenvalue weighted by Gasteiger charge is -2.11. The van der Waals surface area contributed by atoms with Crippen molar-refractivity contribution >= 4 is 28.7 Å². The first-order chi connectivity index (χ1) is 9.51. The Labute approximate surface area is 127 Å². The highest BCUT2D eigenvalue weighted by Gasteiger charge is 2.12. The van der Waals surface area contributed by atoms with Gasteiger partial charge in [0.2, 0.25) is 0 Å². The van der Waals surface area contributed by atoms with Crippen molar-refractivity contribution in [2.75, 3.05) is 5.32 Å². The minimum absolute atomic E-state index is 0.270. The zero-order valence-corrected chi connectivity index (χ0v) is 13.2. The molecule has 1 aromatic heterocycles. The third-order valence-corrected chi connectivity index (χ3v) is 3.91. The number of nitriles is 1. The molecule has 0 bridgehead atoms. The van der Waals surface area contributed by atoms with Gasteiger partial charge in [0.15, 0.2) is 5.13 Å². The summed E-state index contributed by atoms with van der Waals surface area (Å²) in [6.45, 7) is 6.10. The number of anilines is 1. The molecule has 0 amide bonds. The summed E-state index contributed by atoms with van der Waals surface area (Å²) in [6, 6.07) is 10.4. The van der Waals surface area contributed by atoms with Gasteiger partial charge >= 0.3 is 0 Å². The molecule has 1 heterocycles. The molecule has 0 aliphatic heterocycles. The first-order valence-corrected chi connectivity index (χ1v) is 7.52. The van der Waals surface area contributed by atoms with Crippen LogP contribution in [0.4, 0.5) is 5.13 Å². The van der Waals surface area contributed by atoms with E-state index in [1.807, 2.05) is 45.0 Å². The van der Waals surface area contributed by atoms with Gasteiger partial charge < -0.3 is 5.32 Å². The summed E-state index contributed by atoms with van der Waals surface area (Å²) in [6.07, 6.45) is 0. The Hall–Kier alpha value is -1.77. The fraction of sp³-hybridized carbons (Fsp3) is 0.267. The molecule has 3 nitrogen and oxygen atoms in total. The van der Waals surface area contributed by atoms with Gasteiger partial charge in [0.1, 0.15) is 15.5 Å². The second-order valence-corrected chi connectivity index (χ2v) is 6.48. The summed E-state index contributed by atoms with van der Waals surface area (Å²) in [5.41, 5.74) is 3.19. The minimum Gasteiger partial charge on any atom is -0.359 e. The zero-order chi connectivity index (χ0) is 14.7. The van der Waals surface area contributed by atoms with E-state index in [-0.39, 0.29) is 6.04 Å². The Morgan fingerprint density at radius 2 is 2.15 bits per heavy atom. The third-order valence-electron chi connectivity index (χ3n) is 2.66. The Bertz CT molecular complexity index is 727. The molecule has 1 aromatic carbocycles. The predicted octanol–water partition coefficient (Wildman–Crippen LogP) is 4.54. The average Bonchev–Trinajstić information content (AvgIpc) is 2.37. The molecular weight excluding hydrogens is 286 g/mol. The van der Waals surface area contributed by atoms with Crippen molar-refractivity contribution in [1.29, 1.82) is 5.26 Å². The smallest absolute Gasteiger partial charge is 0.184 e. The van der Waals surface area contributed by atoms with Crippen molar-refractivity contribution in [2.45, 2.75) is 26.8 Å². The number of rotatable bonds is 3. The molecule has 0 spiro atoms. The average molecular weight is 301 g/mol. The van der Waals surface area contributed by atoms with E-state index >= 15 is 0 Å². The van der Waals surface area contributed by atoms with Gasteiger partial charge in [-0.3, -0.25) is 0 Å². The molecule has 2 rings (SSSR count). The second-order valence-electron chi connectivity index (χ2n) is 4.81. The molecule has 5 heteroatoms. The number of aromatic nitrogens is 1. The van der Waals surface area contributed by atoms with Crippen molar-refractivity contribution in [3.8, 4) is 17.3 Å². The summed E-state index contributed by atoms with van der Waals surface area (Å²) in [4.78, 5) is 4.57. The van der Waals surface area contributed by atoms with Crippen LogP contribution in [-0.2, 0) is 0 Å². The van der Waals surface area contributed by atoms with E-state index < -0.39 is 0 Å². The Morgan fingerprint density at radius 3 is 2.75 bits per heavy atom. The zero-order valence-electron chi connectivity index (χ0n) is 11.6. The largest absolute Gasteiger partial charge is 0.359 e. The van der Waals surface area contributed by atoms with Gasteiger partial charge in [-0.25, -0.2) is 4.98 Å². The SMILES string of the molecule is Cc1cccc(-c2nc(NC(C)C)sc(=S)c2C#N)c1. The maximum absolute atomic E-state index is 9.33. The minimum atomic E-state index is 0.270. The first-order valence-electron chi connectivity index (χ1n) is 6.30. The summed E-state index contributed by atoms with van der Waals surface area (Å²) in [5.74, 6) is 0. The highest BCUT2D eigenvalue weighted by Crippen LogP contribution is 2.28. The highest BCUT2D eigenvalue weighted by molar-refractivity contribution is 7.73. The molecular formula is C15H15N3S2. The van der Waals surface area contributed by atoms with E-state index in [0.717, 1.165) is 16.3 Å². The standard InChI is InChI=1S/C15H15N3S2/c1-9(2)17-15-18-13(12(8-16)14(19)20-15)11-6-4-5-10(3)7-11/h4-7,9H,1-3H3,(H,17,18). The second kappa shape index (κ2) is 6.12. The van der Waals surface area contributed by atoms with E-state index in [9.17, 15) is 5.26 Å². The molecule has 1 N–H and O–H groups in total. The molecule has 0 saturated carbocycles. The first kappa shape index (κ1) is 14.6. The van der Waals surface area contributed by atoms with Crippen LogP contribution in [0, 0.1) is 22.1 Å². The quantitative estimate of drug-likeness (QED) is 0.846. The summed E-state index contributed by atoms with van der Waals surface area (Å²) in [7, 11) is 0. The van der Waals surface area contributed by atoms with Crippen LogP contribution in [0.1, 0.15) is 25.0 Å². The summed E-state index contributed by atoms with van der Waals surface area (Å²) < 4.78 is 0.571. The number of hydrogen-bond acceptors (Lipinski definition) is 5. The monoisotopic (exact) mass is 301 g/mol. The summed E-state index contributed by atoms with van der Waals surface area (Å²) in [5, 5.41) is 13.3. The molecule has 0 unspecified atom stereocenters. The fourth-order valence-corrected chi connectivity index (χ4v) is 3.05. The Balaban J connectivity index is 2.64. The van der Waals surface area contributed by atoms with Crippen LogP contribution in [0.15, 0.2) is 24.3 Å². The number of hydrogen-bond donors (Lipinski definition) is 1. The van der Waals surface area contributed by atoms with Gasteiger partial charge in [-0.05, 0) is 26.8 Å². The van der Waals surface area contributed by atoms with E-state index in [2.05, 4.69) is 16.4 Å². The van der Waals surface area contributed by atoms with Crippen molar-refractivity contribution < 1.29 is 0 Å². The van der Waals surface area contributed by atoms with Gasteiger partial charge in [0.05, 0.1) is 5.69 Å². The van der Waals surface area contributed by atoms with E-state index in [1.165, 1.54) is 11.3 Å². The van der Waals surface area contributed by atoms with E-state index in [0.29, 0.717) is 15.1 Å². The van der Waals surface area contributed by atoms with Crippen molar-refractivity contribution in [2.24, 2.45) is 0 Å². The third kappa shape index (κ3) is 3.21. The van der Waals surface area contributed by atoms with Gasteiger partial charge in [-0.1, -0.05) is 47.3 Å². The van der Waals surface area contributed by atoms with Crippen LogP contribution < -0.4 is 5.32 Å². The number of nitrogens with one attached hydrogen (secondary N) is 1. The van der Waals surface area contributed by atoms with Gasteiger partial charge in [0, 0.05) is 11.6 Å². The lowest BCUT2D eigenvalue weighted by Crippen LogP contribution is -2.10. The fourth-order valence-electron chi connectivity index (χ4n) is 1.82. The molecule has 102 valence electrons. The van der Waals surface area contributed by atoms with Gasteiger partial charge in [-0.2, -0.15) is 5.26 Å². The molecule has 2 aromatic rings.